The molecule has 1 N–H and O–H groups in total. The molecular weight excluding hydrogens is 381 g/mol. The number of rotatable bonds is 4. The summed E-state index contributed by atoms with van der Waals surface area (Å²) in [5, 5.41) is 6.38. The molecule has 0 saturated heterocycles. The summed E-state index contributed by atoms with van der Waals surface area (Å²) < 4.78 is 84.3. The molecule has 0 saturated carbocycles. The van der Waals surface area contributed by atoms with E-state index in [1.807, 2.05) is 5.32 Å². The highest BCUT2D eigenvalue weighted by Gasteiger charge is 2.35. The second kappa shape index (κ2) is 6.39. The van der Waals surface area contributed by atoms with Gasteiger partial charge in [0.15, 0.2) is 0 Å². The zero-order chi connectivity index (χ0) is 18.1. The van der Waals surface area contributed by atoms with Crippen molar-refractivity contribution in [1.82, 2.24) is 10.2 Å². The zero-order valence-corrected chi connectivity index (χ0v) is 12.8. The molecule has 1 amide bonds. The first-order valence-electron chi connectivity index (χ1n) is 5.86. The molecule has 13 heteroatoms. The fourth-order valence-electron chi connectivity index (χ4n) is 1.46. The molecule has 1 aromatic carbocycles. The molecule has 0 atom stereocenters. The average molecular weight is 387 g/mol. The molecule has 0 aliphatic carbocycles. The monoisotopic (exact) mass is 387 g/mol. The third-order valence-electron chi connectivity index (χ3n) is 2.57. The highest BCUT2D eigenvalue weighted by atomic mass is 32.2. The van der Waals surface area contributed by atoms with Gasteiger partial charge in [-0.15, -0.1) is 10.2 Å². The number of halogens is 5. The van der Waals surface area contributed by atoms with Crippen LogP contribution < -0.4 is 5.32 Å². The predicted molar refractivity (Wildman–Crippen MR) is 72.5 cm³/mol. The summed E-state index contributed by atoms with van der Waals surface area (Å²) in [7, 11) is -4.80. The van der Waals surface area contributed by atoms with Gasteiger partial charge in [0.25, 0.3) is 5.91 Å². The van der Waals surface area contributed by atoms with E-state index in [-0.39, 0.29) is 16.9 Å². The minimum absolute atomic E-state index is 0.0999. The third-order valence-corrected chi connectivity index (χ3v) is 4.85. The lowest BCUT2D eigenvalue weighted by molar-refractivity contribution is -0.138. The molecule has 2 aromatic rings. The third kappa shape index (κ3) is 3.84. The molecule has 6 nitrogen and oxygen atoms in total. The van der Waals surface area contributed by atoms with E-state index in [2.05, 4.69) is 10.2 Å². The smallest absolute Gasteiger partial charge is 0.296 e. The van der Waals surface area contributed by atoms with E-state index in [1.165, 1.54) is 0 Å². The quantitative estimate of drug-likeness (QED) is 0.815. The van der Waals surface area contributed by atoms with E-state index in [0.29, 0.717) is 0 Å². The van der Waals surface area contributed by atoms with Crippen LogP contribution in [0.25, 0.3) is 0 Å². The fraction of sp³-hybridized carbons (Fsp3) is 0.182. The van der Waals surface area contributed by atoms with Gasteiger partial charge in [0, 0.05) is 5.56 Å². The summed E-state index contributed by atoms with van der Waals surface area (Å²) in [5.74, 6) is -4.51. The first-order chi connectivity index (χ1) is 11.0. The molecule has 0 unspecified atom stereocenters. The van der Waals surface area contributed by atoms with Gasteiger partial charge < -0.3 is 0 Å². The number of carbonyl (C=O) groups is 1. The molecule has 24 heavy (non-hydrogen) atoms. The molecule has 0 aliphatic heterocycles. The van der Waals surface area contributed by atoms with Crippen LogP contribution >= 0.6 is 11.3 Å². The first-order valence-corrected chi connectivity index (χ1v) is 8.22. The van der Waals surface area contributed by atoms with Crippen molar-refractivity contribution >= 4 is 32.2 Å². The van der Waals surface area contributed by atoms with Crippen LogP contribution in [0.15, 0.2) is 29.2 Å². The number of carbonyl (C=O) groups excluding carboxylic acids is 1. The number of benzene rings is 1. The van der Waals surface area contributed by atoms with Gasteiger partial charge in [-0.1, -0.05) is 11.3 Å². The van der Waals surface area contributed by atoms with Crippen molar-refractivity contribution in [3.8, 4) is 0 Å². The van der Waals surface area contributed by atoms with Gasteiger partial charge in [-0.3, -0.25) is 10.1 Å². The Bertz CT molecular complexity index is 847. The maximum atomic E-state index is 12.4. The van der Waals surface area contributed by atoms with Gasteiger partial charge >= 0.3 is 11.9 Å². The normalized spacial score (nSPS) is 12.4. The summed E-state index contributed by atoms with van der Waals surface area (Å²) in [4.78, 5) is 11.1. The van der Waals surface area contributed by atoms with Crippen molar-refractivity contribution in [3.05, 3.63) is 34.8 Å². The topological polar surface area (TPSA) is 89.0 Å². The van der Waals surface area contributed by atoms with Crippen molar-refractivity contribution in [2.24, 2.45) is 0 Å². The van der Waals surface area contributed by atoms with Crippen molar-refractivity contribution < 1.29 is 35.2 Å². The Balaban J connectivity index is 2.15. The van der Waals surface area contributed by atoms with E-state index in [9.17, 15) is 35.2 Å². The minimum atomic E-state index is -4.80. The summed E-state index contributed by atoms with van der Waals surface area (Å²) >= 11 is 0.0999. The predicted octanol–water partition coefficient (Wildman–Crippen LogP) is 2.81. The van der Waals surface area contributed by atoms with E-state index in [1.54, 1.807) is 0 Å². The SMILES string of the molecule is O=C(Nc1nnc(C(F)(F)F)s1)c1ccc(S(=O)(=O)C(F)F)cc1. The molecule has 0 spiro atoms. The Morgan fingerprint density at radius 3 is 2.17 bits per heavy atom. The van der Waals surface area contributed by atoms with Gasteiger partial charge in [0.05, 0.1) is 4.90 Å². The van der Waals surface area contributed by atoms with E-state index in [0.717, 1.165) is 24.3 Å². The lowest BCUT2D eigenvalue weighted by Gasteiger charge is -2.05. The molecule has 0 radical (unpaired) electrons. The number of hydrogen-bond acceptors (Lipinski definition) is 6. The van der Waals surface area contributed by atoms with Crippen molar-refractivity contribution in [3.63, 3.8) is 0 Å². The van der Waals surface area contributed by atoms with E-state index < -0.39 is 42.7 Å². The number of nitrogens with one attached hydrogen (secondary N) is 1. The van der Waals surface area contributed by atoms with Crippen LogP contribution in [-0.4, -0.2) is 30.3 Å². The van der Waals surface area contributed by atoms with Crippen molar-refractivity contribution in [1.29, 1.82) is 0 Å². The van der Waals surface area contributed by atoms with Crippen molar-refractivity contribution in [2.45, 2.75) is 16.8 Å². The molecule has 0 bridgehead atoms. The Hall–Kier alpha value is -2.15. The Morgan fingerprint density at radius 1 is 1.12 bits per heavy atom. The lowest BCUT2D eigenvalue weighted by Crippen LogP contribution is -2.14. The number of sulfone groups is 1. The average Bonchev–Trinajstić information content (AvgIpc) is 2.96. The maximum absolute atomic E-state index is 12.4. The molecule has 1 aromatic heterocycles. The zero-order valence-electron chi connectivity index (χ0n) is 11.2. The van der Waals surface area contributed by atoms with Gasteiger partial charge in [0.2, 0.25) is 20.0 Å². The lowest BCUT2D eigenvalue weighted by atomic mass is 10.2. The van der Waals surface area contributed by atoms with Crippen LogP contribution in [0.1, 0.15) is 15.4 Å². The summed E-state index contributed by atoms with van der Waals surface area (Å²) in [6, 6.07) is 3.46. The van der Waals surface area contributed by atoms with Gasteiger partial charge in [-0.25, -0.2) is 8.42 Å². The summed E-state index contributed by atoms with van der Waals surface area (Å²) in [5.41, 5.74) is -0.160. The number of amides is 1. The molecule has 130 valence electrons. The van der Waals surface area contributed by atoms with Gasteiger partial charge in [0.1, 0.15) is 0 Å². The highest BCUT2D eigenvalue weighted by Crippen LogP contribution is 2.33. The Morgan fingerprint density at radius 2 is 1.71 bits per heavy atom. The summed E-state index contributed by atoms with van der Waals surface area (Å²) in [6.45, 7) is 0. The highest BCUT2D eigenvalue weighted by molar-refractivity contribution is 7.91. The standard InChI is InChI=1S/C11H6F5N3O3S2/c12-9(13)24(21,22)6-3-1-5(2-4-6)7(20)17-10-19-18-8(23-10)11(14,15)16/h1-4,9H,(H,17,19,20). The summed E-state index contributed by atoms with van der Waals surface area (Å²) in [6.07, 6.45) is -4.70. The largest absolute Gasteiger partial charge is 0.445 e. The second-order valence-electron chi connectivity index (χ2n) is 4.19. The molecule has 0 fully saturated rings. The Labute approximate surface area is 135 Å². The maximum Gasteiger partial charge on any atom is 0.445 e. The molecule has 0 aliphatic rings. The van der Waals surface area contributed by atoms with Crippen molar-refractivity contribution in [2.75, 3.05) is 5.32 Å². The number of aromatic nitrogens is 2. The van der Waals surface area contributed by atoms with Crippen LogP contribution in [-0.2, 0) is 16.0 Å². The number of nitrogens with zero attached hydrogens (tertiary/aromatic N) is 2. The van der Waals surface area contributed by atoms with Crippen LogP contribution in [0.4, 0.5) is 27.1 Å². The number of alkyl halides is 5. The molecular formula is C11H6F5N3O3S2. The van der Waals surface area contributed by atoms with Crippen LogP contribution in [0.3, 0.4) is 0 Å². The minimum Gasteiger partial charge on any atom is -0.296 e. The van der Waals surface area contributed by atoms with Gasteiger partial charge in [-0.05, 0) is 24.3 Å². The van der Waals surface area contributed by atoms with Crippen LogP contribution in [0.2, 0.25) is 0 Å². The number of anilines is 1. The Kier molecular flexibility index (Phi) is 4.85. The van der Waals surface area contributed by atoms with Gasteiger partial charge in [-0.2, -0.15) is 22.0 Å². The number of hydrogen-bond donors (Lipinski definition) is 1. The molecule has 2 rings (SSSR count). The second-order valence-corrected chi connectivity index (χ2v) is 7.09. The fourth-order valence-corrected chi connectivity index (χ4v) is 2.78. The van der Waals surface area contributed by atoms with E-state index >= 15 is 0 Å². The van der Waals surface area contributed by atoms with Crippen LogP contribution in [0, 0.1) is 0 Å². The van der Waals surface area contributed by atoms with E-state index in [4.69, 9.17) is 0 Å². The first kappa shape index (κ1) is 18.2. The van der Waals surface area contributed by atoms with Crippen LogP contribution in [0.5, 0.6) is 0 Å². The molecule has 1 heterocycles.